The fraction of sp³-hybridized carbons (Fsp3) is 0. The summed E-state index contributed by atoms with van der Waals surface area (Å²) in [5.41, 5.74) is 5.89. The van der Waals surface area contributed by atoms with Crippen LogP contribution in [0.25, 0.3) is 74.4 Å². The largest absolute Gasteiger partial charge is 0.309 e. The maximum atomic E-state index is 2.48. The van der Waals surface area contributed by atoms with Crippen molar-refractivity contribution in [1.82, 2.24) is 0 Å². The highest BCUT2D eigenvalue weighted by Gasteiger charge is 2.21. The van der Waals surface area contributed by atoms with Gasteiger partial charge in [-0.25, -0.2) is 0 Å². The molecule has 0 aliphatic carbocycles. The van der Waals surface area contributed by atoms with Gasteiger partial charge < -0.3 is 4.90 Å². The number of fused-ring (bicyclic) bond motifs is 9. The van der Waals surface area contributed by atoms with Crippen molar-refractivity contribution in [3.63, 3.8) is 0 Å². The van der Waals surface area contributed by atoms with Gasteiger partial charge in [0, 0.05) is 36.6 Å². The van der Waals surface area contributed by atoms with Crippen molar-refractivity contribution in [2.45, 2.75) is 0 Å². The molecule has 1 heterocycles. The SMILES string of the molecule is c1ccc(-c2ccc(N(c3cccc4cc5sc6ccccc6c5cc34)c3cc4ccc5ccccc5c4c4ccccc34)cc2)cc1. The van der Waals surface area contributed by atoms with Gasteiger partial charge in [-0.05, 0) is 85.9 Å². The monoisotopic (exact) mass is 627 g/mol. The fourth-order valence-electron chi connectivity index (χ4n) is 7.56. The van der Waals surface area contributed by atoms with Crippen LogP contribution >= 0.6 is 11.3 Å². The minimum Gasteiger partial charge on any atom is -0.309 e. The Morgan fingerprint density at radius 3 is 1.85 bits per heavy atom. The molecule has 0 N–H and O–H groups in total. The molecule has 0 bridgehead atoms. The third kappa shape index (κ3) is 4.24. The van der Waals surface area contributed by atoms with E-state index >= 15 is 0 Å². The Labute approximate surface area is 282 Å². The molecule has 1 aromatic heterocycles. The Hall–Kier alpha value is -5.96. The minimum absolute atomic E-state index is 1.13. The van der Waals surface area contributed by atoms with E-state index in [1.807, 2.05) is 11.3 Å². The molecule has 0 spiro atoms. The first-order chi connectivity index (χ1) is 23.8. The summed E-state index contributed by atoms with van der Waals surface area (Å²) in [6.45, 7) is 0. The van der Waals surface area contributed by atoms with Gasteiger partial charge in [0.25, 0.3) is 0 Å². The lowest BCUT2D eigenvalue weighted by atomic mass is 9.94. The van der Waals surface area contributed by atoms with Gasteiger partial charge in [-0.2, -0.15) is 0 Å². The first kappa shape index (κ1) is 27.2. The number of anilines is 3. The highest BCUT2D eigenvalue weighted by atomic mass is 32.1. The van der Waals surface area contributed by atoms with Crippen molar-refractivity contribution in [1.29, 1.82) is 0 Å². The van der Waals surface area contributed by atoms with E-state index in [1.165, 1.54) is 85.8 Å². The predicted molar refractivity (Wildman–Crippen MR) is 209 cm³/mol. The summed E-state index contributed by atoms with van der Waals surface area (Å²) < 4.78 is 2.65. The number of benzene rings is 9. The van der Waals surface area contributed by atoms with Crippen LogP contribution in [0, 0.1) is 0 Å². The second-order valence-electron chi connectivity index (χ2n) is 12.5. The molecule has 1 nitrogen and oxygen atoms in total. The van der Waals surface area contributed by atoms with Crippen LogP contribution in [-0.4, -0.2) is 0 Å². The fourth-order valence-corrected chi connectivity index (χ4v) is 8.70. The van der Waals surface area contributed by atoms with Crippen molar-refractivity contribution < 1.29 is 0 Å². The zero-order chi connectivity index (χ0) is 31.6. The second kappa shape index (κ2) is 10.8. The highest BCUT2D eigenvalue weighted by Crippen LogP contribution is 2.47. The van der Waals surface area contributed by atoms with Crippen LogP contribution < -0.4 is 4.90 Å². The van der Waals surface area contributed by atoms with E-state index in [0.717, 1.165) is 5.69 Å². The third-order valence-electron chi connectivity index (χ3n) is 9.79. The van der Waals surface area contributed by atoms with Crippen molar-refractivity contribution in [3.05, 3.63) is 176 Å². The Balaban J connectivity index is 1.29. The van der Waals surface area contributed by atoms with Crippen molar-refractivity contribution in [2.75, 3.05) is 4.90 Å². The van der Waals surface area contributed by atoms with Gasteiger partial charge in [-0.3, -0.25) is 0 Å². The zero-order valence-electron chi connectivity index (χ0n) is 26.1. The molecule has 0 atom stereocenters. The van der Waals surface area contributed by atoms with Crippen LogP contribution in [0.3, 0.4) is 0 Å². The van der Waals surface area contributed by atoms with Gasteiger partial charge in [0.2, 0.25) is 0 Å². The van der Waals surface area contributed by atoms with Gasteiger partial charge in [0.15, 0.2) is 0 Å². The molecular formula is C46H29NS. The topological polar surface area (TPSA) is 3.24 Å². The number of hydrogen-bond acceptors (Lipinski definition) is 2. The maximum absolute atomic E-state index is 2.48. The van der Waals surface area contributed by atoms with E-state index < -0.39 is 0 Å². The number of nitrogens with zero attached hydrogens (tertiary/aromatic N) is 1. The van der Waals surface area contributed by atoms with Crippen molar-refractivity contribution >= 4 is 91.7 Å². The number of thiophene rings is 1. The van der Waals surface area contributed by atoms with Gasteiger partial charge in [0.05, 0.1) is 11.4 Å². The lowest BCUT2D eigenvalue weighted by Gasteiger charge is -2.29. The van der Waals surface area contributed by atoms with E-state index in [-0.39, 0.29) is 0 Å². The van der Waals surface area contributed by atoms with Crippen molar-refractivity contribution in [3.8, 4) is 11.1 Å². The summed E-state index contributed by atoms with van der Waals surface area (Å²) in [4.78, 5) is 2.48. The molecule has 0 aliphatic rings. The highest BCUT2D eigenvalue weighted by molar-refractivity contribution is 7.25. The molecular weight excluding hydrogens is 599 g/mol. The molecule has 0 saturated carbocycles. The van der Waals surface area contributed by atoms with Crippen molar-refractivity contribution in [2.24, 2.45) is 0 Å². The Kier molecular flexibility index (Phi) is 6.12. The first-order valence-corrected chi connectivity index (χ1v) is 17.2. The standard InChI is InChI=1S/C46H29NS/c1-2-11-30(12-3-1)31-23-25-35(26-24-31)47(42-19-10-14-33-28-45-41(29-40(33)42)38-17-8-9-20-44(38)48-45)43-27-34-22-21-32-13-4-5-15-36(32)46(34)39-18-7-6-16-37(39)43/h1-29H. The summed E-state index contributed by atoms with van der Waals surface area (Å²) in [5, 5.41) is 12.7. The number of hydrogen-bond donors (Lipinski definition) is 0. The van der Waals surface area contributed by atoms with Gasteiger partial charge in [-0.1, -0.05) is 133 Å². The van der Waals surface area contributed by atoms with E-state index in [0.29, 0.717) is 0 Å². The van der Waals surface area contributed by atoms with Gasteiger partial charge in [0.1, 0.15) is 0 Å². The molecule has 0 fully saturated rings. The normalized spacial score (nSPS) is 11.8. The Bertz CT molecular complexity index is 2830. The summed E-state index contributed by atoms with van der Waals surface area (Å²) in [7, 11) is 0. The molecule has 0 saturated heterocycles. The molecule has 2 heteroatoms. The molecule has 9 aromatic carbocycles. The quantitative estimate of drug-likeness (QED) is 0.176. The molecule has 0 radical (unpaired) electrons. The molecule has 0 unspecified atom stereocenters. The average Bonchev–Trinajstić information content (AvgIpc) is 3.52. The summed E-state index contributed by atoms with van der Waals surface area (Å²) >= 11 is 1.87. The van der Waals surface area contributed by atoms with Gasteiger partial charge in [-0.15, -0.1) is 11.3 Å². The summed E-state index contributed by atoms with van der Waals surface area (Å²) in [5.74, 6) is 0. The molecule has 224 valence electrons. The van der Waals surface area contributed by atoms with Crippen LogP contribution in [0.5, 0.6) is 0 Å². The number of rotatable bonds is 4. The smallest absolute Gasteiger partial charge is 0.0546 e. The van der Waals surface area contributed by atoms with Crippen LogP contribution in [0.1, 0.15) is 0 Å². The first-order valence-electron chi connectivity index (χ1n) is 16.4. The minimum atomic E-state index is 1.13. The van der Waals surface area contributed by atoms with E-state index in [2.05, 4.69) is 181 Å². The van der Waals surface area contributed by atoms with E-state index in [4.69, 9.17) is 0 Å². The second-order valence-corrected chi connectivity index (χ2v) is 13.6. The lowest BCUT2D eigenvalue weighted by Crippen LogP contribution is -2.11. The predicted octanol–water partition coefficient (Wildman–Crippen LogP) is 13.8. The third-order valence-corrected chi connectivity index (χ3v) is 10.9. The summed E-state index contributed by atoms with van der Waals surface area (Å²) in [6, 6.07) is 64.6. The molecule has 0 amide bonds. The van der Waals surface area contributed by atoms with Crippen LogP contribution in [-0.2, 0) is 0 Å². The average molecular weight is 628 g/mol. The van der Waals surface area contributed by atoms with E-state index in [9.17, 15) is 0 Å². The molecule has 0 aliphatic heterocycles. The molecule has 10 rings (SSSR count). The van der Waals surface area contributed by atoms with Crippen LogP contribution in [0.2, 0.25) is 0 Å². The molecule has 48 heavy (non-hydrogen) atoms. The molecule has 10 aromatic rings. The summed E-state index contributed by atoms with van der Waals surface area (Å²) in [6.07, 6.45) is 0. The Morgan fingerprint density at radius 1 is 0.333 bits per heavy atom. The van der Waals surface area contributed by atoms with E-state index in [1.54, 1.807) is 0 Å². The maximum Gasteiger partial charge on any atom is 0.0546 e. The zero-order valence-corrected chi connectivity index (χ0v) is 26.9. The van der Waals surface area contributed by atoms with Gasteiger partial charge >= 0.3 is 0 Å². The Morgan fingerprint density at radius 2 is 1.00 bits per heavy atom. The van der Waals surface area contributed by atoms with Crippen LogP contribution in [0.4, 0.5) is 17.1 Å². The lowest BCUT2D eigenvalue weighted by molar-refractivity contribution is 1.32. The van der Waals surface area contributed by atoms with Crippen LogP contribution in [0.15, 0.2) is 176 Å².